The minimum Gasteiger partial charge on any atom is -0.488 e. The molecule has 2 rings (SSSR count). The van der Waals surface area contributed by atoms with Gasteiger partial charge in [-0.3, -0.25) is 0 Å². The number of alkyl halides is 3. The van der Waals surface area contributed by atoms with Gasteiger partial charge < -0.3 is 15.2 Å². The van der Waals surface area contributed by atoms with Crippen molar-refractivity contribution in [2.24, 2.45) is 5.73 Å². The molecule has 0 aliphatic heterocycles. The average molecular weight is 350 g/mol. The maximum atomic E-state index is 13.4. The van der Waals surface area contributed by atoms with Crippen molar-refractivity contribution in [3.63, 3.8) is 0 Å². The predicted molar refractivity (Wildman–Crippen MR) is 78.1 cm³/mol. The third-order valence-corrected chi connectivity index (χ3v) is 2.96. The van der Waals surface area contributed by atoms with Crippen LogP contribution in [0, 0.1) is 5.82 Å². The molecule has 0 saturated carbocycles. The first kappa shape index (κ1) is 17.4. The van der Waals surface area contributed by atoms with Gasteiger partial charge in [0.05, 0.1) is 0 Å². The predicted octanol–water partition coefficient (Wildman–Crippen LogP) is 4.38. The number of ether oxygens (including phenoxy) is 2. The molecule has 0 unspecified atom stereocenters. The third kappa shape index (κ3) is 5.01. The topological polar surface area (TPSA) is 44.5 Å². The van der Waals surface area contributed by atoms with Crippen molar-refractivity contribution in [3.8, 4) is 22.6 Å². The first-order valence-electron chi connectivity index (χ1n) is 6.47. The molecule has 0 amide bonds. The molecule has 23 heavy (non-hydrogen) atoms. The van der Waals surface area contributed by atoms with Gasteiger partial charge in [-0.15, -0.1) is 13.2 Å². The van der Waals surface area contributed by atoms with Gasteiger partial charge in [0.2, 0.25) is 0 Å². The van der Waals surface area contributed by atoms with Crippen molar-refractivity contribution < 1.29 is 27.0 Å². The Hall–Kier alpha value is -1.99. The molecule has 8 heteroatoms. The summed E-state index contributed by atoms with van der Waals surface area (Å²) in [4.78, 5) is 0. The molecule has 0 aliphatic rings. The largest absolute Gasteiger partial charge is 0.573 e. The highest BCUT2D eigenvalue weighted by Gasteiger charge is 2.32. The van der Waals surface area contributed by atoms with Crippen molar-refractivity contribution in [2.45, 2.75) is 6.36 Å². The summed E-state index contributed by atoms with van der Waals surface area (Å²) in [5.41, 5.74) is 5.87. The maximum absolute atomic E-state index is 13.4. The van der Waals surface area contributed by atoms with Crippen molar-refractivity contribution >= 4 is 11.6 Å². The van der Waals surface area contributed by atoms with Crippen LogP contribution in [0.4, 0.5) is 17.6 Å². The summed E-state index contributed by atoms with van der Waals surface area (Å²) in [6, 6.07) is 7.54. The Labute approximate surface area is 134 Å². The zero-order valence-corrected chi connectivity index (χ0v) is 12.4. The standard InChI is InChI=1S/C15H12ClF4NO2/c16-11-5-10(6-12(17)8-11)9-1-2-13(22-4-3-21)14(7-9)23-15(18,19)20/h1-2,5-8H,3-4,21H2. The van der Waals surface area contributed by atoms with Crippen LogP contribution >= 0.6 is 11.6 Å². The fraction of sp³-hybridized carbons (Fsp3) is 0.200. The van der Waals surface area contributed by atoms with E-state index in [2.05, 4.69) is 4.74 Å². The molecule has 0 heterocycles. The van der Waals surface area contributed by atoms with Crippen molar-refractivity contribution in [1.29, 1.82) is 0 Å². The van der Waals surface area contributed by atoms with E-state index in [9.17, 15) is 17.6 Å². The van der Waals surface area contributed by atoms with Crippen molar-refractivity contribution in [1.82, 2.24) is 0 Å². The molecule has 0 saturated heterocycles. The Morgan fingerprint density at radius 3 is 2.35 bits per heavy atom. The lowest BCUT2D eigenvalue weighted by molar-refractivity contribution is -0.275. The Morgan fingerprint density at radius 1 is 1.00 bits per heavy atom. The second-order valence-electron chi connectivity index (χ2n) is 4.50. The van der Waals surface area contributed by atoms with Gasteiger partial charge in [-0.1, -0.05) is 17.7 Å². The van der Waals surface area contributed by atoms with Crippen LogP contribution in [0.3, 0.4) is 0 Å². The summed E-state index contributed by atoms with van der Waals surface area (Å²) in [6.07, 6.45) is -4.89. The molecule has 2 aromatic rings. The van der Waals surface area contributed by atoms with Crippen molar-refractivity contribution in [2.75, 3.05) is 13.2 Å². The second kappa shape index (κ2) is 7.06. The van der Waals surface area contributed by atoms with E-state index in [0.29, 0.717) is 11.1 Å². The Balaban J connectivity index is 2.43. The lowest BCUT2D eigenvalue weighted by atomic mass is 10.0. The smallest absolute Gasteiger partial charge is 0.488 e. The summed E-state index contributed by atoms with van der Waals surface area (Å²) in [6.45, 7) is 0.159. The highest BCUT2D eigenvalue weighted by atomic mass is 35.5. The van der Waals surface area contributed by atoms with Gasteiger partial charge in [-0.2, -0.15) is 0 Å². The van der Waals surface area contributed by atoms with E-state index in [4.69, 9.17) is 22.1 Å². The average Bonchev–Trinajstić information content (AvgIpc) is 2.43. The normalized spacial score (nSPS) is 11.4. The minimum atomic E-state index is -4.89. The third-order valence-electron chi connectivity index (χ3n) is 2.74. The van der Waals surface area contributed by atoms with Gasteiger partial charge in [0.25, 0.3) is 0 Å². The molecule has 124 valence electrons. The SMILES string of the molecule is NCCOc1ccc(-c2cc(F)cc(Cl)c2)cc1OC(F)(F)F. The number of nitrogens with two attached hydrogens (primary N) is 1. The van der Waals surface area contributed by atoms with Gasteiger partial charge >= 0.3 is 6.36 Å². The Morgan fingerprint density at radius 2 is 1.74 bits per heavy atom. The van der Waals surface area contributed by atoms with Gasteiger partial charge in [-0.05, 0) is 41.5 Å². The van der Waals surface area contributed by atoms with Crippen LogP contribution in [0.2, 0.25) is 5.02 Å². The fourth-order valence-corrected chi connectivity index (χ4v) is 2.12. The molecule has 0 radical (unpaired) electrons. The summed E-state index contributed by atoms with van der Waals surface area (Å²) in [5.74, 6) is -1.25. The van der Waals surface area contributed by atoms with Crippen molar-refractivity contribution in [3.05, 3.63) is 47.2 Å². The Bertz CT molecular complexity index is 671. The fourth-order valence-electron chi connectivity index (χ4n) is 1.90. The lowest BCUT2D eigenvalue weighted by Gasteiger charge is -2.15. The van der Waals surface area contributed by atoms with Gasteiger partial charge in [0.15, 0.2) is 11.5 Å². The van der Waals surface area contributed by atoms with Crippen LogP contribution in [0.15, 0.2) is 36.4 Å². The van der Waals surface area contributed by atoms with E-state index < -0.39 is 17.9 Å². The monoisotopic (exact) mass is 349 g/mol. The summed E-state index contributed by atoms with van der Waals surface area (Å²) >= 11 is 5.76. The first-order valence-corrected chi connectivity index (χ1v) is 6.85. The zero-order valence-electron chi connectivity index (χ0n) is 11.7. The minimum absolute atomic E-state index is 0.0271. The molecule has 0 aliphatic carbocycles. The van der Waals surface area contributed by atoms with Crippen LogP contribution in [0.25, 0.3) is 11.1 Å². The van der Waals surface area contributed by atoms with E-state index in [1.165, 1.54) is 18.2 Å². The van der Waals surface area contributed by atoms with Gasteiger partial charge in [0, 0.05) is 11.6 Å². The van der Waals surface area contributed by atoms with Crippen LogP contribution in [-0.4, -0.2) is 19.5 Å². The molecule has 0 aromatic heterocycles. The maximum Gasteiger partial charge on any atom is 0.573 e. The number of hydrogen-bond donors (Lipinski definition) is 1. The lowest BCUT2D eigenvalue weighted by Crippen LogP contribution is -2.18. The van der Waals surface area contributed by atoms with Crippen LogP contribution in [-0.2, 0) is 0 Å². The van der Waals surface area contributed by atoms with Crippen LogP contribution < -0.4 is 15.2 Å². The summed E-state index contributed by atoms with van der Waals surface area (Å²) in [5, 5.41) is 0.127. The van der Waals surface area contributed by atoms with Gasteiger partial charge in [0.1, 0.15) is 12.4 Å². The highest BCUT2D eigenvalue weighted by molar-refractivity contribution is 6.30. The van der Waals surface area contributed by atoms with E-state index in [1.54, 1.807) is 0 Å². The zero-order chi connectivity index (χ0) is 17.0. The Kier molecular flexibility index (Phi) is 5.33. The van der Waals surface area contributed by atoms with E-state index in [1.807, 2.05) is 0 Å². The second-order valence-corrected chi connectivity index (χ2v) is 4.94. The number of hydrogen-bond acceptors (Lipinski definition) is 3. The molecule has 0 atom stereocenters. The molecule has 2 aromatic carbocycles. The highest BCUT2D eigenvalue weighted by Crippen LogP contribution is 2.36. The van der Waals surface area contributed by atoms with E-state index in [-0.39, 0.29) is 23.9 Å². The number of halogens is 5. The number of rotatable bonds is 5. The van der Waals surface area contributed by atoms with Crippen LogP contribution in [0.1, 0.15) is 0 Å². The quantitative estimate of drug-likeness (QED) is 0.815. The summed E-state index contributed by atoms with van der Waals surface area (Å²) in [7, 11) is 0. The molecule has 3 nitrogen and oxygen atoms in total. The number of benzene rings is 2. The molecular formula is C15H12ClF4NO2. The molecular weight excluding hydrogens is 338 g/mol. The summed E-state index contributed by atoms with van der Waals surface area (Å²) < 4.78 is 60.0. The van der Waals surface area contributed by atoms with Crippen LogP contribution in [0.5, 0.6) is 11.5 Å². The molecule has 0 spiro atoms. The molecule has 0 fully saturated rings. The molecule has 2 N–H and O–H groups in total. The van der Waals surface area contributed by atoms with E-state index >= 15 is 0 Å². The van der Waals surface area contributed by atoms with E-state index in [0.717, 1.165) is 18.2 Å². The molecule has 0 bridgehead atoms. The van der Waals surface area contributed by atoms with Gasteiger partial charge in [-0.25, -0.2) is 4.39 Å². The first-order chi connectivity index (χ1) is 10.8.